The van der Waals surface area contributed by atoms with Crippen molar-refractivity contribution in [2.75, 3.05) is 19.6 Å². The second kappa shape index (κ2) is 8.85. The van der Waals surface area contributed by atoms with Crippen LogP contribution in [0, 0.1) is 0 Å². The van der Waals surface area contributed by atoms with E-state index in [9.17, 15) is 4.79 Å². The molecule has 0 spiro atoms. The summed E-state index contributed by atoms with van der Waals surface area (Å²) in [4.78, 5) is 14.7. The molecule has 4 rings (SSSR count). The van der Waals surface area contributed by atoms with E-state index in [4.69, 9.17) is 0 Å². The standard InChI is InChI=1S/C20H27N5O.ClH/c1-2-15-4-3-5-16(12-15)13-19(26)24-9-6-17(7-10-24)20-23-22-18-14-21-8-11-25(18)20;/h3-5,12,17,21H,2,6-11,13-14H2,1H3;1H. The molecule has 0 radical (unpaired) electrons. The van der Waals surface area contributed by atoms with Crippen LogP contribution in [-0.4, -0.2) is 45.2 Å². The summed E-state index contributed by atoms with van der Waals surface area (Å²) in [5.74, 6) is 2.82. The Labute approximate surface area is 166 Å². The molecule has 0 aliphatic carbocycles. The van der Waals surface area contributed by atoms with Crippen LogP contribution in [0.4, 0.5) is 0 Å². The second-order valence-corrected chi connectivity index (χ2v) is 7.31. The number of benzene rings is 1. The SMILES string of the molecule is CCc1cccc(CC(=O)N2CCC(c3nnc4n3CCNC4)CC2)c1.Cl. The number of fused-ring (bicyclic) bond motifs is 1. The van der Waals surface area contributed by atoms with E-state index >= 15 is 0 Å². The monoisotopic (exact) mass is 389 g/mol. The molecular weight excluding hydrogens is 362 g/mol. The van der Waals surface area contributed by atoms with Crippen molar-refractivity contribution in [3.63, 3.8) is 0 Å². The topological polar surface area (TPSA) is 63.1 Å². The van der Waals surface area contributed by atoms with Gasteiger partial charge >= 0.3 is 0 Å². The van der Waals surface area contributed by atoms with Gasteiger partial charge in [0.2, 0.25) is 5.91 Å². The maximum atomic E-state index is 12.7. The van der Waals surface area contributed by atoms with Crippen molar-refractivity contribution >= 4 is 18.3 Å². The predicted octanol–water partition coefficient (Wildman–Crippen LogP) is 2.31. The number of carbonyl (C=O) groups excluding carboxylic acids is 1. The molecule has 2 aliphatic rings. The van der Waals surface area contributed by atoms with Gasteiger partial charge in [0.1, 0.15) is 11.6 Å². The fourth-order valence-corrected chi connectivity index (χ4v) is 4.05. The highest BCUT2D eigenvalue weighted by atomic mass is 35.5. The van der Waals surface area contributed by atoms with Gasteiger partial charge in [-0.3, -0.25) is 4.79 Å². The fraction of sp³-hybridized carbons (Fsp3) is 0.550. The van der Waals surface area contributed by atoms with Crippen molar-refractivity contribution in [2.45, 2.75) is 51.6 Å². The average molecular weight is 390 g/mol. The van der Waals surface area contributed by atoms with Crippen molar-refractivity contribution in [1.82, 2.24) is 25.0 Å². The van der Waals surface area contributed by atoms with Gasteiger partial charge < -0.3 is 14.8 Å². The molecule has 1 amide bonds. The van der Waals surface area contributed by atoms with E-state index in [0.717, 1.165) is 69.2 Å². The summed E-state index contributed by atoms with van der Waals surface area (Å²) < 4.78 is 2.27. The molecule has 0 bridgehead atoms. The van der Waals surface area contributed by atoms with E-state index in [1.165, 1.54) is 5.56 Å². The molecule has 6 nitrogen and oxygen atoms in total. The van der Waals surface area contributed by atoms with Crippen molar-refractivity contribution in [1.29, 1.82) is 0 Å². The zero-order valence-electron chi connectivity index (χ0n) is 15.9. The van der Waals surface area contributed by atoms with Gasteiger partial charge in [-0.05, 0) is 30.4 Å². The van der Waals surface area contributed by atoms with Crippen molar-refractivity contribution < 1.29 is 4.79 Å². The zero-order chi connectivity index (χ0) is 17.9. The Hall–Kier alpha value is -1.92. The summed E-state index contributed by atoms with van der Waals surface area (Å²) in [6.45, 7) is 6.51. The van der Waals surface area contributed by atoms with E-state index in [0.29, 0.717) is 12.3 Å². The number of amides is 1. The maximum Gasteiger partial charge on any atom is 0.226 e. The smallest absolute Gasteiger partial charge is 0.226 e. The van der Waals surface area contributed by atoms with Gasteiger partial charge in [0.25, 0.3) is 0 Å². The van der Waals surface area contributed by atoms with Crippen LogP contribution in [0.15, 0.2) is 24.3 Å². The third-order valence-corrected chi connectivity index (χ3v) is 5.62. The molecule has 1 aromatic heterocycles. The Balaban J connectivity index is 0.00000210. The summed E-state index contributed by atoms with van der Waals surface area (Å²) >= 11 is 0. The summed E-state index contributed by atoms with van der Waals surface area (Å²) in [7, 11) is 0. The molecular formula is C20H28ClN5O. The van der Waals surface area contributed by atoms with Gasteiger partial charge in [0, 0.05) is 32.1 Å². The molecule has 7 heteroatoms. The Kier molecular flexibility index (Phi) is 6.50. The largest absolute Gasteiger partial charge is 0.342 e. The van der Waals surface area contributed by atoms with E-state index in [2.05, 4.69) is 51.3 Å². The number of aryl methyl sites for hydroxylation is 1. The average Bonchev–Trinajstić information content (AvgIpc) is 3.12. The second-order valence-electron chi connectivity index (χ2n) is 7.31. The van der Waals surface area contributed by atoms with Crippen molar-refractivity contribution in [3.8, 4) is 0 Å². The number of rotatable bonds is 4. The first kappa shape index (κ1) is 19.8. The Morgan fingerprint density at radius 1 is 1.19 bits per heavy atom. The van der Waals surface area contributed by atoms with Crippen LogP contribution in [-0.2, 0) is 30.7 Å². The van der Waals surface area contributed by atoms with Crippen molar-refractivity contribution in [3.05, 3.63) is 47.0 Å². The lowest BCUT2D eigenvalue weighted by Crippen LogP contribution is -2.39. The highest BCUT2D eigenvalue weighted by molar-refractivity contribution is 5.85. The van der Waals surface area contributed by atoms with Crippen LogP contribution in [0.1, 0.15) is 48.5 Å². The number of piperidine rings is 1. The first-order valence-electron chi connectivity index (χ1n) is 9.73. The number of nitrogens with zero attached hydrogens (tertiary/aromatic N) is 4. The Bertz CT molecular complexity index is 782. The maximum absolute atomic E-state index is 12.7. The lowest BCUT2D eigenvalue weighted by molar-refractivity contribution is -0.131. The number of hydrogen-bond acceptors (Lipinski definition) is 4. The van der Waals surface area contributed by atoms with Gasteiger partial charge in [0.05, 0.1) is 13.0 Å². The van der Waals surface area contributed by atoms with Crippen LogP contribution < -0.4 is 5.32 Å². The highest BCUT2D eigenvalue weighted by Gasteiger charge is 2.28. The molecule has 0 saturated carbocycles. The summed E-state index contributed by atoms with van der Waals surface area (Å²) in [6, 6.07) is 8.38. The van der Waals surface area contributed by atoms with Crippen molar-refractivity contribution in [2.24, 2.45) is 0 Å². The number of nitrogens with one attached hydrogen (secondary N) is 1. The number of carbonyl (C=O) groups is 1. The zero-order valence-corrected chi connectivity index (χ0v) is 16.7. The minimum Gasteiger partial charge on any atom is -0.342 e. The lowest BCUT2D eigenvalue weighted by atomic mass is 9.95. The normalized spacial score (nSPS) is 17.3. The molecule has 2 aromatic rings. The van der Waals surface area contributed by atoms with Crippen LogP contribution in [0.25, 0.3) is 0 Å². The molecule has 0 unspecified atom stereocenters. The predicted molar refractivity (Wildman–Crippen MR) is 107 cm³/mol. The first-order chi connectivity index (χ1) is 12.7. The number of halogens is 1. The molecule has 1 aromatic carbocycles. The van der Waals surface area contributed by atoms with E-state index in [-0.39, 0.29) is 18.3 Å². The van der Waals surface area contributed by atoms with Gasteiger partial charge in [0.15, 0.2) is 0 Å². The summed E-state index contributed by atoms with van der Waals surface area (Å²) in [6.07, 6.45) is 3.47. The van der Waals surface area contributed by atoms with Crippen LogP contribution in [0.3, 0.4) is 0 Å². The molecule has 2 aliphatic heterocycles. The van der Waals surface area contributed by atoms with E-state index in [1.807, 2.05) is 4.90 Å². The minimum absolute atomic E-state index is 0. The lowest BCUT2D eigenvalue weighted by Gasteiger charge is -2.32. The number of aromatic nitrogens is 3. The Morgan fingerprint density at radius 3 is 2.74 bits per heavy atom. The van der Waals surface area contributed by atoms with E-state index < -0.39 is 0 Å². The van der Waals surface area contributed by atoms with Gasteiger partial charge in [-0.1, -0.05) is 31.2 Å². The number of hydrogen-bond donors (Lipinski definition) is 1. The molecule has 3 heterocycles. The van der Waals surface area contributed by atoms with Gasteiger partial charge in [-0.15, -0.1) is 22.6 Å². The highest BCUT2D eigenvalue weighted by Crippen LogP contribution is 2.28. The number of likely N-dealkylation sites (tertiary alicyclic amines) is 1. The van der Waals surface area contributed by atoms with Gasteiger partial charge in [-0.25, -0.2) is 0 Å². The molecule has 1 saturated heterocycles. The summed E-state index contributed by atoms with van der Waals surface area (Å²) in [5, 5.41) is 12.1. The molecule has 146 valence electrons. The third kappa shape index (κ3) is 4.33. The first-order valence-corrected chi connectivity index (χ1v) is 9.73. The molecule has 1 N–H and O–H groups in total. The third-order valence-electron chi connectivity index (χ3n) is 5.62. The van der Waals surface area contributed by atoms with Gasteiger partial charge in [-0.2, -0.15) is 0 Å². The Morgan fingerprint density at radius 2 is 1.96 bits per heavy atom. The van der Waals surface area contributed by atoms with E-state index in [1.54, 1.807) is 0 Å². The minimum atomic E-state index is 0. The van der Waals surface area contributed by atoms with Crippen LogP contribution >= 0.6 is 12.4 Å². The quantitative estimate of drug-likeness (QED) is 0.871. The molecule has 0 atom stereocenters. The van der Waals surface area contributed by atoms with Crippen LogP contribution in [0.2, 0.25) is 0 Å². The van der Waals surface area contributed by atoms with Crippen LogP contribution in [0.5, 0.6) is 0 Å². The fourth-order valence-electron chi connectivity index (χ4n) is 4.05. The molecule has 1 fully saturated rings. The summed E-state index contributed by atoms with van der Waals surface area (Å²) in [5.41, 5.74) is 2.41. The molecule has 27 heavy (non-hydrogen) atoms.